The molecule has 0 bridgehead atoms. The van der Waals surface area contributed by atoms with E-state index in [9.17, 15) is 9.59 Å². The second-order valence-corrected chi connectivity index (χ2v) is 4.65. The second-order valence-electron chi connectivity index (χ2n) is 3.73. The summed E-state index contributed by atoms with van der Waals surface area (Å²) >= 11 is 3.22. The van der Waals surface area contributed by atoms with Crippen molar-refractivity contribution in [1.82, 2.24) is 4.98 Å². The molecule has 6 heteroatoms. The molecule has 1 heterocycles. The van der Waals surface area contributed by atoms with Crippen molar-refractivity contribution < 1.29 is 14.7 Å². The van der Waals surface area contributed by atoms with Crippen molar-refractivity contribution >= 4 is 33.5 Å². The summed E-state index contributed by atoms with van der Waals surface area (Å²) in [5, 5.41) is 11.5. The number of nitrogens with zero attached hydrogens (tertiary/aromatic N) is 1. The van der Waals surface area contributed by atoms with Crippen LogP contribution in [0.25, 0.3) is 0 Å². The fraction of sp³-hybridized carbons (Fsp3) is 0.300. The normalized spacial score (nSPS) is 16.6. The molecule has 1 aliphatic carbocycles. The maximum absolute atomic E-state index is 11.7. The molecule has 0 aromatic carbocycles. The van der Waals surface area contributed by atoms with Gasteiger partial charge in [0.2, 0.25) is 5.91 Å². The van der Waals surface area contributed by atoms with Crippen molar-refractivity contribution in [3.63, 3.8) is 0 Å². The molecule has 2 N–H and O–H groups in total. The lowest BCUT2D eigenvalue weighted by molar-refractivity contribution is -0.147. The minimum atomic E-state index is -1.22. The summed E-state index contributed by atoms with van der Waals surface area (Å²) in [6, 6.07) is 1.67. The molecule has 84 valence electrons. The van der Waals surface area contributed by atoms with Crippen molar-refractivity contribution in [2.75, 3.05) is 5.32 Å². The molecule has 0 spiro atoms. The Bertz CT molecular complexity index is 457. The Labute approximate surface area is 100 Å². The van der Waals surface area contributed by atoms with E-state index in [1.807, 2.05) is 0 Å². The number of nitrogens with one attached hydrogen (secondary N) is 1. The van der Waals surface area contributed by atoms with E-state index in [2.05, 4.69) is 26.2 Å². The van der Waals surface area contributed by atoms with E-state index < -0.39 is 17.3 Å². The molecule has 0 aliphatic heterocycles. The van der Waals surface area contributed by atoms with Crippen LogP contribution in [0.15, 0.2) is 22.9 Å². The standard InChI is InChI=1S/C10H9BrN2O3/c11-6-3-7(5-12-4-6)13-8(14)10(1-2-10)9(15)16/h3-5H,1-2H2,(H,13,14)(H,15,16). The van der Waals surface area contributed by atoms with Crippen LogP contribution in [-0.4, -0.2) is 22.0 Å². The zero-order valence-corrected chi connectivity index (χ0v) is 9.82. The molecule has 16 heavy (non-hydrogen) atoms. The molecule has 1 aromatic rings. The summed E-state index contributed by atoms with van der Waals surface area (Å²) in [6.07, 6.45) is 3.85. The number of carbonyl (C=O) groups is 2. The van der Waals surface area contributed by atoms with Gasteiger partial charge in [0.1, 0.15) is 5.41 Å². The number of aromatic nitrogens is 1. The molecular weight excluding hydrogens is 276 g/mol. The van der Waals surface area contributed by atoms with Crippen LogP contribution in [0.2, 0.25) is 0 Å². The molecule has 1 saturated carbocycles. The molecular formula is C10H9BrN2O3. The SMILES string of the molecule is O=C(O)C1(C(=O)Nc2cncc(Br)c2)CC1. The number of anilines is 1. The average molecular weight is 285 g/mol. The van der Waals surface area contributed by atoms with Gasteiger partial charge in [-0.1, -0.05) is 0 Å². The summed E-state index contributed by atoms with van der Waals surface area (Å²) in [6.45, 7) is 0. The van der Waals surface area contributed by atoms with Gasteiger partial charge in [0.05, 0.1) is 11.9 Å². The van der Waals surface area contributed by atoms with Gasteiger partial charge in [0.15, 0.2) is 0 Å². The van der Waals surface area contributed by atoms with Crippen LogP contribution in [0.3, 0.4) is 0 Å². The predicted molar refractivity (Wildman–Crippen MR) is 59.9 cm³/mol. The Hall–Kier alpha value is -1.43. The first-order valence-corrected chi connectivity index (χ1v) is 5.49. The van der Waals surface area contributed by atoms with Crippen LogP contribution in [0.1, 0.15) is 12.8 Å². The second kappa shape index (κ2) is 3.86. The van der Waals surface area contributed by atoms with Gasteiger partial charge in [-0.05, 0) is 34.8 Å². The van der Waals surface area contributed by atoms with Gasteiger partial charge in [0.25, 0.3) is 0 Å². The number of rotatable bonds is 3. The van der Waals surface area contributed by atoms with Crippen LogP contribution in [-0.2, 0) is 9.59 Å². The maximum atomic E-state index is 11.7. The first-order chi connectivity index (χ1) is 7.54. The van der Waals surface area contributed by atoms with Gasteiger partial charge >= 0.3 is 5.97 Å². The quantitative estimate of drug-likeness (QED) is 0.827. The summed E-state index contributed by atoms with van der Waals surface area (Å²) in [7, 11) is 0. The van der Waals surface area contributed by atoms with Crippen LogP contribution in [0.5, 0.6) is 0 Å². The number of carboxylic acid groups (broad SMARTS) is 1. The predicted octanol–water partition coefficient (Wildman–Crippen LogP) is 1.65. The number of hydrogen-bond acceptors (Lipinski definition) is 3. The van der Waals surface area contributed by atoms with E-state index in [4.69, 9.17) is 5.11 Å². The van der Waals surface area contributed by atoms with E-state index in [1.165, 1.54) is 6.20 Å². The molecule has 2 rings (SSSR count). The van der Waals surface area contributed by atoms with Crippen molar-refractivity contribution in [2.45, 2.75) is 12.8 Å². The molecule has 1 aromatic heterocycles. The lowest BCUT2D eigenvalue weighted by atomic mass is 10.1. The van der Waals surface area contributed by atoms with Gasteiger partial charge in [-0.15, -0.1) is 0 Å². The van der Waals surface area contributed by atoms with E-state index in [0.717, 1.165) is 4.47 Å². The molecule has 1 aliphatic rings. The number of carboxylic acids is 1. The van der Waals surface area contributed by atoms with Gasteiger partial charge in [-0.3, -0.25) is 14.6 Å². The molecule has 0 saturated heterocycles. The van der Waals surface area contributed by atoms with E-state index in [0.29, 0.717) is 18.5 Å². The molecule has 0 atom stereocenters. The highest BCUT2D eigenvalue weighted by Gasteiger charge is 2.57. The molecule has 0 unspecified atom stereocenters. The third kappa shape index (κ3) is 1.92. The van der Waals surface area contributed by atoms with Crippen molar-refractivity contribution in [1.29, 1.82) is 0 Å². The Kier molecular flexibility index (Phi) is 2.67. The zero-order valence-electron chi connectivity index (χ0n) is 8.24. The number of hydrogen-bond donors (Lipinski definition) is 2. The third-order valence-electron chi connectivity index (χ3n) is 2.56. The average Bonchev–Trinajstić information content (AvgIpc) is 2.97. The van der Waals surface area contributed by atoms with Crippen molar-refractivity contribution in [2.24, 2.45) is 5.41 Å². The number of carbonyl (C=O) groups excluding carboxylic acids is 1. The topological polar surface area (TPSA) is 79.3 Å². The lowest BCUT2D eigenvalue weighted by Gasteiger charge is -2.10. The Morgan fingerprint density at radius 3 is 2.62 bits per heavy atom. The Morgan fingerprint density at radius 2 is 2.12 bits per heavy atom. The van der Waals surface area contributed by atoms with Gasteiger partial charge in [-0.25, -0.2) is 0 Å². The summed E-state index contributed by atoms with van der Waals surface area (Å²) in [4.78, 5) is 26.5. The summed E-state index contributed by atoms with van der Waals surface area (Å²) in [5.41, 5.74) is -0.727. The zero-order chi connectivity index (χ0) is 11.8. The van der Waals surface area contributed by atoms with E-state index in [-0.39, 0.29) is 0 Å². The third-order valence-corrected chi connectivity index (χ3v) is 2.99. The minimum absolute atomic E-state index is 0.398. The van der Waals surface area contributed by atoms with Crippen molar-refractivity contribution in [3.8, 4) is 0 Å². The van der Waals surface area contributed by atoms with Crippen LogP contribution in [0.4, 0.5) is 5.69 Å². The number of pyridine rings is 1. The van der Waals surface area contributed by atoms with Crippen LogP contribution in [0, 0.1) is 5.41 Å². The smallest absolute Gasteiger partial charge is 0.319 e. The highest BCUT2D eigenvalue weighted by molar-refractivity contribution is 9.10. The number of halogens is 1. The fourth-order valence-corrected chi connectivity index (χ4v) is 1.76. The number of aliphatic carboxylic acids is 1. The highest BCUT2D eigenvalue weighted by Crippen LogP contribution is 2.46. The summed E-state index contributed by atoms with van der Waals surface area (Å²) in [5.74, 6) is -1.53. The highest BCUT2D eigenvalue weighted by atomic mass is 79.9. The van der Waals surface area contributed by atoms with Crippen LogP contribution >= 0.6 is 15.9 Å². The van der Waals surface area contributed by atoms with Gasteiger partial charge < -0.3 is 10.4 Å². The van der Waals surface area contributed by atoms with Crippen molar-refractivity contribution in [3.05, 3.63) is 22.9 Å². The van der Waals surface area contributed by atoms with Gasteiger partial charge in [0, 0.05) is 10.7 Å². The molecule has 5 nitrogen and oxygen atoms in total. The Balaban J connectivity index is 2.11. The van der Waals surface area contributed by atoms with E-state index >= 15 is 0 Å². The fourth-order valence-electron chi connectivity index (χ4n) is 1.39. The largest absolute Gasteiger partial charge is 0.480 e. The minimum Gasteiger partial charge on any atom is -0.480 e. The monoisotopic (exact) mass is 284 g/mol. The summed E-state index contributed by atoms with van der Waals surface area (Å²) < 4.78 is 0.727. The first kappa shape index (κ1) is 11.1. The molecule has 0 radical (unpaired) electrons. The Morgan fingerprint density at radius 1 is 1.44 bits per heavy atom. The molecule has 1 fully saturated rings. The van der Waals surface area contributed by atoms with E-state index in [1.54, 1.807) is 12.3 Å². The van der Waals surface area contributed by atoms with Gasteiger partial charge in [-0.2, -0.15) is 0 Å². The molecule has 1 amide bonds. The lowest BCUT2D eigenvalue weighted by Crippen LogP contribution is -2.31. The number of amides is 1. The maximum Gasteiger partial charge on any atom is 0.319 e. The van der Waals surface area contributed by atoms with Crippen LogP contribution < -0.4 is 5.32 Å². The first-order valence-electron chi connectivity index (χ1n) is 4.70.